The second kappa shape index (κ2) is 6.14. The number of nitrogens with zero attached hydrogens (tertiary/aromatic N) is 3. The summed E-state index contributed by atoms with van der Waals surface area (Å²) in [6, 6.07) is 7.04. The lowest BCUT2D eigenvalue weighted by Gasteiger charge is -2.16. The lowest BCUT2D eigenvalue weighted by molar-refractivity contribution is -0.129. The van der Waals surface area contributed by atoms with Crippen molar-refractivity contribution in [3.05, 3.63) is 34.3 Å². The van der Waals surface area contributed by atoms with Gasteiger partial charge in [0.15, 0.2) is 0 Å². The van der Waals surface area contributed by atoms with Gasteiger partial charge in [-0.2, -0.15) is 0 Å². The molecule has 1 aliphatic carbocycles. The number of hydrogen-bond donors (Lipinski definition) is 1. The number of benzene rings is 1. The van der Waals surface area contributed by atoms with E-state index in [-0.39, 0.29) is 11.8 Å². The summed E-state index contributed by atoms with van der Waals surface area (Å²) in [5.74, 6) is -0.688. The van der Waals surface area contributed by atoms with E-state index in [0.29, 0.717) is 29.0 Å². The molecule has 1 saturated heterocycles. The number of anilines is 2. The maximum Gasteiger partial charge on any atom is 0.239 e. The molecular formula is C16H15ClN4O2S. The van der Waals surface area contributed by atoms with Crippen LogP contribution in [-0.4, -0.2) is 28.6 Å². The lowest BCUT2D eigenvalue weighted by atomic mass is 10.1. The van der Waals surface area contributed by atoms with E-state index in [1.54, 1.807) is 29.2 Å². The lowest BCUT2D eigenvalue weighted by Crippen LogP contribution is -2.33. The molecule has 1 N–H and O–H groups in total. The Bertz CT molecular complexity index is 788. The van der Waals surface area contributed by atoms with Gasteiger partial charge >= 0.3 is 0 Å². The number of hydrogen-bond acceptors (Lipinski definition) is 5. The fraction of sp³-hybridized carbons (Fsp3) is 0.375. The number of halogens is 1. The zero-order valence-corrected chi connectivity index (χ0v) is 14.3. The van der Waals surface area contributed by atoms with Crippen LogP contribution in [-0.2, 0) is 9.59 Å². The van der Waals surface area contributed by atoms with Crippen LogP contribution in [0.4, 0.5) is 10.8 Å². The van der Waals surface area contributed by atoms with Gasteiger partial charge < -0.3 is 4.90 Å². The van der Waals surface area contributed by atoms with Gasteiger partial charge in [-0.25, -0.2) is 0 Å². The van der Waals surface area contributed by atoms with Crippen molar-refractivity contribution in [1.29, 1.82) is 0 Å². The Morgan fingerprint density at radius 1 is 1.21 bits per heavy atom. The van der Waals surface area contributed by atoms with Crippen molar-refractivity contribution in [2.45, 2.75) is 25.2 Å². The molecule has 1 atom stereocenters. The van der Waals surface area contributed by atoms with Crippen molar-refractivity contribution >= 4 is 45.6 Å². The third kappa shape index (κ3) is 3.01. The molecule has 1 saturated carbocycles. The Morgan fingerprint density at radius 3 is 2.67 bits per heavy atom. The summed E-state index contributed by atoms with van der Waals surface area (Å²) in [4.78, 5) is 26.6. The highest BCUT2D eigenvalue weighted by atomic mass is 35.5. The first kappa shape index (κ1) is 15.5. The maximum atomic E-state index is 12.5. The zero-order valence-electron chi connectivity index (χ0n) is 12.7. The van der Waals surface area contributed by atoms with E-state index in [4.69, 9.17) is 11.6 Å². The van der Waals surface area contributed by atoms with Crippen LogP contribution in [0.2, 0.25) is 5.02 Å². The third-order valence-corrected chi connectivity index (χ3v) is 5.51. The predicted molar refractivity (Wildman–Crippen MR) is 92.4 cm³/mol. The van der Waals surface area contributed by atoms with Gasteiger partial charge in [0.05, 0.1) is 0 Å². The molecule has 124 valence electrons. The molecule has 1 aromatic carbocycles. The molecule has 2 aliphatic rings. The van der Waals surface area contributed by atoms with Crippen LogP contribution in [0.25, 0.3) is 0 Å². The van der Waals surface area contributed by atoms with Crippen molar-refractivity contribution in [1.82, 2.24) is 10.2 Å². The number of carbonyl (C=O) groups excluding carboxylic acids is 2. The second-order valence-corrected chi connectivity index (χ2v) is 7.46. The van der Waals surface area contributed by atoms with E-state index < -0.39 is 5.92 Å². The molecule has 4 rings (SSSR count). The highest BCUT2D eigenvalue weighted by molar-refractivity contribution is 7.15. The fourth-order valence-electron chi connectivity index (χ4n) is 2.77. The summed E-state index contributed by atoms with van der Waals surface area (Å²) in [5, 5.41) is 12.9. The van der Waals surface area contributed by atoms with Gasteiger partial charge in [0.25, 0.3) is 0 Å². The van der Waals surface area contributed by atoms with Gasteiger partial charge in [0, 0.05) is 23.2 Å². The summed E-state index contributed by atoms with van der Waals surface area (Å²) < 4.78 is 0. The molecule has 2 amide bonds. The minimum atomic E-state index is -0.686. The second-order valence-electron chi connectivity index (χ2n) is 6.02. The van der Waals surface area contributed by atoms with Crippen molar-refractivity contribution < 1.29 is 9.59 Å². The van der Waals surface area contributed by atoms with Crippen molar-refractivity contribution in [2.24, 2.45) is 5.92 Å². The quantitative estimate of drug-likeness (QED) is 0.848. The van der Waals surface area contributed by atoms with Crippen LogP contribution in [0.5, 0.6) is 0 Å². The normalized spacial score (nSPS) is 20.5. The van der Waals surface area contributed by atoms with Crippen molar-refractivity contribution in [3.63, 3.8) is 0 Å². The minimum absolute atomic E-state index is 0.193. The molecule has 0 bridgehead atoms. The first-order chi connectivity index (χ1) is 11.6. The molecule has 0 spiro atoms. The third-order valence-electron chi connectivity index (χ3n) is 4.26. The van der Waals surface area contributed by atoms with E-state index in [2.05, 4.69) is 15.5 Å². The Kier molecular flexibility index (Phi) is 3.97. The molecule has 1 aliphatic heterocycles. The predicted octanol–water partition coefficient (Wildman–Crippen LogP) is 3.06. The van der Waals surface area contributed by atoms with Crippen LogP contribution in [0, 0.1) is 5.92 Å². The number of carbonyl (C=O) groups is 2. The first-order valence-electron chi connectivity index (χ1n) is 7.83. The molecule has 2 fully saturated rings. The first-order valence-corrected chi connectivity index (χ1v) is 9.02. The van der Waals surface area contributed by atoms with Crippen LogP contribution in [0.1, 0.15) is 30.2 Å². The Labute approximate surface area is 147 Å². The van der Waals surface area contributed by atoms with Crippen LogP contribution < -0.4 is 10.2 Å². The number of amides is 2. The maximum absolute atomic E-state index is 12.5. The van der Waals surface area contributed by atoms with Gasteiger partial charge in [-0.3, -0.25) is 14.9 Å². The summed E-state index contributed by atoms with van der Waals surface area (Å²) in [7, 11) is 0. The van der Waals surface area contributed by atoms with E-state index in [1.807, 2.05) is 0 Å². The van der Waals surface area contributed by atoms with Crippen molar-refractivity contribution in [3.8, 4) is 0 Å². The van der Waals surface area contributed by atoms with Gasteiger partial charge in [-0.1, -0.05) is 22.9 Å². The van der Waals surface area contributed by atoms with E-state index in [9.17, 15) is 9.59 Å². The SMILES string of the molecule is O=C(Nc1nnc(C2CC2)s1)C1CCN(c2ccc(Cl)cc2)C1=O. The van der Waals surface area contributed by atoms with Crippen molar-refractivity contribution in [2.75, 3.05) is 16.8 Å². The van der Waals surface area contributed by atoms with Gasteiger partial charge in [-0.05, 0) is 43.5 Å². The van der Waals surface area contributed by atoms with Crippen LogP contribution >= 0.6 is 22.9 Å². The van der Waals surface area contributed by atoms with Gasteiger partial charge in [0.2, 0.25) is 16.9 Å². The summed E-state index contributed by atoms with van der Waals surface area (Å²) in [6.07, 6.45) is 2.76. The fourth-order valence-corrected chi connectivity index (χ4v) is 3.81. The Morgan fingerprint density at radius 2 is 1.96 bits per heavy atom. The Balaban J connectivity index is 1.43. The largest absolute Gasteiger partial charge is 0.312 e. The van der Waals surface area contributed by atoms with E-state index in [0.717, 1.165) is 23.5 Å². The van der Waals surface area contributed by atoms with Gasteiger partial charge in [-0.15, -0.1) is 10.2 Å². The Hall–Kier alpha value is -1.99. The average Bonchev–Trinajstić information content (AvgIpc) is 3.20. The summed E-state index contributed by atoms with van der Waals surface area (Å²) in [6.45, 7) is 0.516. The molecule has 2 heterocycles. The average molecular weight is 363 g/mol. The van der Waals surface area contributed by atoms with Crippen LogP contribution in [0.15, 0.2) is 24.3 Å². The standard InChI is InChI=1S/C16H15ClN4O2S/c17-10-3-5-11(6-4-10)21-8-7-12(15(21)23)13(22)18-16-20-19-14(24-16)9-1-2-9/h3-6,9,12H,1-2,7-8H2,(H,18,20,22). The van der Waals surface area contributed by atoms with Gasteiger partial charge in [0.1, 0.15) is 10.9 Å². The molecule has 1 unspecified atom stereocenters. The number of rotatable bonds is 4. The smallest absolute Gasteiger partial charge is 0.239 e. The highest BCUT2D eigenvalue weighted by Crippen LogP contribution is 2.42. The van der Waals surface area contributed by atoms with Crippen LogP contribution in [0.3, 0.4) is 0 Å². The molecular weight excluding hydrogens is 348 g/mol. The molecule has 24 heavy (non-hydrogen) atoms. The molecule has 2 aromatic rings. The molecule has 6 nitrogen and oxygen atoms in total. The minimum Gasteiger partial charge on any atom is -0.312 e. The molecule has 8 heteroatoms. The summed E-state index contributed by atoms with van der Waals surface area (Å²) in [5.41, 5.74) is 0.756. The zero-order chi connectivity index (χ0) is 16.7. The number of nitrogens with one attached hydrogen (secondary N) is 1. The van der Waals surface area contributed by atoms with E-state index >= 15 is 0 Å². The van der Waals surface area contributed by atoms with E-state index in [1.165, 1.54) is 11.3 Å². The summed E-state index contributed by atoms with van der Waals surface area (Å²) >= 11 is 7.27. The number of aromatic nitrogens is 2. The molecule has 1 aromatic heterocycles. The molecule has 0 radical (unpaired) electrons. The highest BCUT2D eigenvalue weighted by Gasteiger charge is 2.38. The topological polar surface area (TPSA) is 75.2 Å². The monoisotopic (exact) mass is 362 g/mol.